The van der Waals surface area contributed by atoms with Crippen molar-refractivity contribution in [2.75, 3.05) is 13.2 Å². The molecule has 0 fully saturated rings. The van der Waals surface area contributed by atoms with Gasteiger partial charge in [0.15, 0.2) is 6.61 Å². The average Bonchev–Trinajstić information content (AvgIpc) is 2.74. The van der Waals surface area contributed by atoms with Crippen molar-refractivity contribution in [3.63, 3.8) is 0 Å². The molecule has 29 heavy (non-hydrogen) atoms. The third-order valence-electron chi connectivity index (χ3n) is 4.38. The third kappa shape index (κ3) is 5.35. The second kappa shape index (κ2) is 10.1. The number of fused-ring (bicyclic) bond motifs is 1. The predicted molar refractivity (Wildman–Crippen MR) is 120 cm³/mol. The number of aryl methyl sites for hydroxylation is 1. The molecule has 3 aromatic carbocycles. The highest BCUT2D eigenvalue weighted by Gasteiger charge is 2.08. The Balaban J connectivity index is 1.68. The van der Waals surface area contributed by atoms with Crippen LogP contribution in [0, 0.1) is 0 Å². The van der Waals surface area contributed by atoms with E-state index in [2.05, 4.69) is 26.5 Å². The number of amides is 1. The van der Waals surface area contributed by atoms with Gasteiger partial charge in [-0.3, -0.25) is 4.79 Å². The molecule has 0 aromatic heterocycles. The standard InChI is InChI=1S/C23H23BrN2O3/c1-3-16-13-18(24)10-12-21(16)29-15-23(27)26-25-14-20-19-8-6-5-7-17(19)9-11-22(20)28-4-2/h5-14H,3-4,15H2,1-2H3,(H,26,27)/b25-14+. The summed E-state index contributed by atoms with van der Waals surface area (Å²) < 4.78 is 12.3. The number of halogens is 1. The summed E-state index contributed by atoms with van der Waals surface area (Å²) in [5, 5.41) is 6.20. The molecule has 0 aliphatic carbocycles. The largest absolute Gasteiger partial charge is 0.493 e. The predicted octanol–water partition coefficient (Wildman–Crippen LogP) is 5.09. The lowest BCUT2D eigenvalue weighted by Crippen LogP contribution is -2.24. The maximum Gasteiger partial charge on any atom is 0.277 e. The highest BCUT2D eigenvalue weighted by atomic mass is 79.9. The van der Waals surface area contributed by atoms with Gasteiger partial charge in [-0.2, -0.15) is 5.10 Å². The van der Waals surface area contributed by atoms with E-state index in [-0.39, 0.29) is 12.5 Å². The van der Waals surface area contributed by atoms with Crippen LogP contribution in [-0.4, -0.2) is 25.3 Å². The second-order valence-corrected chi connectivity index (χ2v) is 7.23. The van der Waals surface area contributed by atoms with Gasteiger partial charge in [-0.15, -0.1) is 0 Å². The lowest BCUT2D eigenvalue weighted by molar-refractivity contribution is -0.123. The number of carbonyl (C=O) groups is 1. The fraction of sp³-hybridized carbons (Fsp3) is 0.217. The Morgan fingerprint density at radius 2 is 1.86 bits per heavy atom. The molecular formula is C23H23BrN2O3. The Hall–Kier alpha value is -2.86. The molecule has 0 atom stereocenters. The third-order valence-corrected chi connectivity index (χ3v) is 4.87. The van der Waals surface area contributed by atoms with Crippen molar-refractivity contribution < 1.29 is 14.3 Å². The van der Waals surface area contributed by atoms with E-state index in [1.54, 1.807) is 6.21 Å². The van der Waals surface area contributed by atoms with Crippen LogP contribution >= 0.6 is 15.9 Å². The summed E-state index contributed by atoms with van der Waals surface area (Å²) in [6.07, 6.45) is 2.43. The van der Waals surface area contributed by atoms with Crippen LogP contribution in [0.25, 0.3) is 10.8 Å². The first-order chi connectivity index (χ1) is 14.1. The Morgan fingerprint density at radius 1 is 1.07 bits per heavy atom. The van der Waals surface area contributed by atoms with Gasteiger partial charge in [0.05, 0.1) is 12.8 Å². The maximum absolute atomic E-state index is 12.2. The molecule has 0 spiro atoms. The van der Waals surface area contributed by atoms with Gasteiger partial charge in [0.2, 0.25) is 0 Å². The molecule has 3 rings (SSSR count). The lowest BCUT2D eigenvalue weighted by Gasteiger charge is -2.11. The van der Waals surface area contributed by atoms with Gasteiger partial charge in [0, 0.05) is 10.0 Å². The van der Waals surface area contributed by atoms with E-state index >= 15 is 0 Å². The topological polar surface area (TPSA) is 59.9 Å². The zero-order chi connectivity index (χ0) is 20.6. The number of ether oxygens (including phenoxy) is 2. The summed E-state index contributed by atoms with van der Waals surface area (Å²) >= 11 is 3.44. The number of rotatable bonds is 8. The number of hydrogen-bond acceptors (Lipinski definition) is 4. The molecule has 1 amide bonds. The van der Waals surface area contributed by atoms with E-state index < -0.39 is 0 Å². The fourth-order valence-corrected chi connectivity index (χ4v) is 3.41. The van der Waals surface area contributed by atoms with Crippen LogP contribution in [0.5, 0.6) is 11.5 Å². The molecule has 0 radical (unpaired) electrons. The highest BCUT2D eigenvalue weighted by molar-refractivity contribution is 9.10. The minimum atomic E-state index is -0.329. The van der Waals surface area contributed by atoms with E-state index in [1.165, 1.54) is 0 Å². The zero-order valence-electron chi connectivity index (χ0n) is 16.4. The van der Waals surface area contributed by atoms with Crippen molar-refractivity contribution in [1.82, 2.24) is 5.43 Å². The Morgan fingerprint density at radius 3 is 2.66 bits per heavy atom. The number of benzene rings is 3. The van der Waals surface area contributed by atoms with Gasteiger partial charge in [0.1, 0.15) is 11.5 Å². The Labute approximate surface area is 178 Å². The van der Waals surface area contributed by atoms with Crippen molar-refractivity contribution in [1.29, 1.82) is 0 Å². The van der Waals surface area contributed by atoms with Crippen molar-refractivity contribution >= 4 is 38.8 Å². The highest BCUT2D eigenvalue weighted by Crippen LogP contribution is 2.27. The van der Waals surface area contributed by atoms with Crippen molar-refractivity contribution in [3.8, 4) is 11.5 Å². The van der Waals surface area contributed by atoms with Gasteiger partial charge in [0.25, 0.3) is 5.91 Å². The molecule has 1 N–H and O–H groups in total. The molecule has 0 aliphatic rings. The van der Waals surface area contributed by atoms with Crippen molar-refractivity contribution in [2.24, 2.45) is 5.10 Å². The lowest BCUT2D eigenvalue weighted by atomic mass is 10.0. The first kappa shape index (κ1) is 20.9. The molecule has 3 aromatic rings. The van der Waals surface area contributed by atoms with Gasteiger partial charge >= 0.3 is 0 Å². The van der Waals surface area contributed by atoms with E-state index in [9.17, 15) is 4.79 Å². The summed E-state index contributed by atoms with van der Waals surface area (Å²) in [4.78, 5) is 12.2. The van der Waals surface area contributed by atoms with Crippen LogP contribution in [0.3, 0.4) is 0 Å². The summed E-state index contributed by atoms with van der Waals surface area (Å²) in [5.74, 6) is 1.09. The van der Waals surface area contributed by atoms with Crippen LogP contribution in [-0.2, 0) is 11.2 Å². The number of hydrogen-bond donors (Lipinski definition) is 1. The van der Waals surface area contributed by atoms with Gasteiger partial charge in [-0.05, 0) is 53.9 Å². The van der Waals surface area contributed by atoms with Gasteiger partial charge in [-0.25, -0.2) is 5.43 Å². The summed E-state index contributed by atoms with van der Waals surface area (Å²) in [6, 6.07) is 17.6. The normalized spacial score (nSPS) is 11.0. The number of nitrogens with one attached hydrogen (secondary N) is 1. The van der Waals surface area contributed by atoms with Gasteiger partial charge < -0.3 is 9.47 Å². The van der Waals surface area contributed by atoms with E-state index in [4.69, 9.17) is 9.47 Å². The second-order valence-electron chi connectivity index (χ2n) is 6.32. The van der Waals surface area contributed by atoms with Crippen LogP contribution in [0.4, 0.5) is 0 Å². The van der Waals surface area contributed by atoms with Crippen LogP contribution in [0.15, 0.2) is 64.2 Å². The smallest absolute Gasteiger partial charge is 0.277 e. The molecule has 0 saturated heterocycles. The maximum atomic E-state index is 12.2. The number of carbonyl (C=O) groups excluding carboxylic acids is 1. The Kier molecular flexibility index (Phi) is 7.25. The van der Waals surface area contributed by atoms with Crippen molar-refractivity contribution in [3.05, 3.63) is 70.2 Å². The van der Waals surface area contributed by atoms with Gasteiger partial charge in [-0.1, -0.05) is 53.2 Å². The number of nitrogens with zero attached hydrogens (tertiary/aromatic N) is 1. The monoisotopic (exact) mass is 454 g/mol. The minimum absolute atomic E-state index is 0.111. The SMILES string of the molecule is CCOc1ccc2ccccc2c1/C=N/NC(=O)COc1ccc(Br)cc1CC. The molecular weight excluding hydrogens is 432 g/mol. The quantitative estimate of drug-likeness (QED) is 0.380. The average molecular weight is 455 g/mol. The fourth-order valence-electron chi connectivity index (χ4n) is 3.00. The molecule has 0 heterocycles. The van der Waals surface area contributed by atoms with E-state index in [0.29, 0.717) is 12.4 Å². The summed E-state index contributed by atoms with van der Waals surface area (Å²) in [6.45, 7) is 4.41. The molecule has 0 unspecified atom stereocenters. The van der Waals surface area contributed by atoms with Crippen LogP contribution < -0.4 is 14.9 Å². The summed E-state index contributed by atoms with van der Waals surface area (Å²) in [7, 11) is 0. The molecule has 5 nitrogen and oxygen atoms in total. The van der Waals surface area contributed by atoms with Crippen molar-refractivity contribution in [2.45, 2.75) is 20.3 Å². The van der Waals surface area contributed by atoms with Crippen LogP contribution in [0.2, 0.25) is 0 Å². The molecule has 150 valence electrons. The molecule has 0 bridgehead atoms. The zero-order valence-corrected chi connectivity index (χ0v) is 18.0. The first-order valence-corrected chi connectivity index (χ1v) is 10.3. The van der Waals surface area contributed by atoms with Crippen LogP contribution in [0.1, 0.15) is 25.0 Å². The summed E-state index contributed by atoms with van der Waals surface area (Å²) in [5.41, 5.74) is 4.39. The van der Waals surface area contributed by atoms with E-state index in [0.717, 1.165) is 38.5 Å². The first-order valence-electron chi connectivity index (χ1n) is 9.50. The van der Waals surface area contributed by atoms with E-state index in [1.807, 2.05) is 68.4 Å². The number of hydrazone groups is 1. The Bertz CT molecular complexity index is 1030. The minimum Gasteiger partial charge on any atom is -0.493 e. The molecule has 0 aliphatic heterocycles. The molecule has 6 heteroatoms. The molecule has 0 saturated carbocycles.